The van der Waals surface area contributed by atoms with Crippen molar-refractivity contribution >= 4 is 11.5 Å². The molecule has 2 rings (SSSR count). The molecule has 0 fully saturated rings. The van der Waals surface area contributed by atoms with E-state index in [0.29, 0.717) is 18.5 Å². The van der Waals surface area contributed by atoms with Crippen molar-refractivity contribution in [2.75, 3.05) is 5.73 Å². The van der Waals surface area contributed by atoms with E-state index in [0.717, 1.165) is 12.0 Å². The fourth-order valence-electron chi connectivity index (χ4n) is 1.81. The Labute approximate surface area is 107 Å². The first-order valence-electron chi connectivity index (χ1n) is 5.99. The van der Waals surface area contributed by atoms with Crippen molar-refractivity contribution in [2.45, 2.75) is 19.3 Å². The molecule has 0 spiro atoms. The molecule has 92 valence electrons. The van der Waals surface area contributed by atoms with E-state index in [-0.39, 0.29) is 5.78 Å². The van der Waals surface area contributed by atoms with E-state index < -0.39 is 0 Å². The van der Waals surface area contributed by atoms with Gasteiger partial charge in [-0.05, 0) is 18.1 Å². The monoisotopic (exact) mass is 240 g/mol. The number of pyridine rings is 1. The fourth-order valence-corrected chi connectivity index (χ4v) is 1.81. The van der Waals surface area contributed by atoms with Gasteiger partial charge < -0.3 is 5.73 Å². The maximum atomic E-state index is 11.9. The van der Waals surface area contributed by atoms with E-state index in [1.165, 1.54) is 5.56 Å². The van der Waals surface area contributed by atoms with E-state index in [4.69, 9.17) is 5.73 Å². The third kappa shape index (κ3) is 3.42. The molecule has 3 nitrogen and oxygen atoms in total. The Balaban J connectivity index is 1.88. The number of carbonyl (C=O) groups is 1. The van der Waals surface area contributed by atoms with Crippen molar-refractivity contribution in [3.05, 3.63) is 59.9 Å². The Bertz CT molecular complexity index is 523. The van der Waals surface area contributed by atoms with Gasteiger partial charge in [-0.3, -0.25) is 9.78 Å². The van der Waals surface area contributed by atoms with Crippen LogP contribution in [0.25, 0.3) is 0 Å². The van der Waals surface area contributed by atoms with Crippen molar-refractivity contribution in [1.82, 2.24) is 4.98 Å². The fraction of sp³-hybridized carbons (Fsp3) is 0.200. The number of carbonyl (C=O) groups excluding carboxylic acids is 1. The predicted octanol–water partition coefficient (Wildman–Crippen LogP) is 2.41. The molecule has 0 amide bonds. The normalized spacial score (nSPS) is 10.2. The lowest BCUT2D eigenvalue weighted by Gasteiger charge is -2.04. The Morgan fingerprint density at radius 3 is 2.67 bits per heavy atom. The summed E-state index contributed by atoms with van der Waals surface area (Å²) in [5.74, 6) is 0.193. The number of nitrogens with two attached hydrogens (primary N) is 1. The zero-order chi connectivity index (χ0) is 12.8. The minimum atomic E-state index is 0.193. The van der Waals surface area contributed by atoms with Crippen LogP contribution < -0.4 is 5.73 Å². The molecule has 0 radical (unpaired) electrons. The van der Waals surface area contributed by atoms with Crippen LogP contribution in [0.4, 0.5) is 5.69 Å². The van der Waals surface area contributed by atoms with Gasteiger partial charge in [-0.2, -0.15) is 0 Å². The number of nitrogens with zero attached hydrogens (tertiary/aromatic N) is 1. The van der Waals surface area contributed by atoms with Gasteiger partial charge in [-0.25, -0.2) is 0 Å². The van der Waals surface area contributed by atoms with E-state index in [1.54, 1.807) is 18.5 Å². The van der Waals surface area contributed by atoms with Crippen LogP contribution in [0.15, 0.2) is 48.8 Å². The van der Waals surface area contributed by atoms with Crippen LogP contribution in [0.5, 0.6) is 0 Å². The summed E-state index contributed by atoms with van der Waals surface area (Å²) in [6.45, 7) is 0. The van der Waals surface area contributed by atoms with E-state index in [9.17, 15) is 4.79 Å². The highest BCUT2D eigenvalue weighted by molar-refractivity contribution is 5.82. The first kappa shape index (κ1) is 12.3. The van der Waals surface area contributed by atoms with Gasteiger partial charge in [0.25, 0.3) is 0 Å². The molecule has 0 aliphatic heterocycles. The largest absolute Gasteiger partial charge is 0.398 e. The molecular weight excluding hydrogens is 224 g/mol. The first-order valence-corrected chi connectivity index (χ1v) is 5.99. The van der Waals surface area contributed by atoms with Gasteiger partial charge in [0.1, 0.15) is 5.78 Å². The maximum absolute atomic E-state index is 11.9. The van der Waals surface area contributed by atoms with Crippen LogP contribution in [0, 0.1) is 0 Å². The number of aryl methyl sites for hydroxylation is 1. The number of benzene rings is 1. The first-order chi connectivity index (χ1) is 8.75. The van der Waals surface area contributed by atoms with Gasteiger partial charge in [0.15, 0.2) is 0 Å². The topological polar surface area (TPSA) is 56.0 Å². The molecule has 18 heavy (non-hydrogen) atoms. The molecule has 3 heteroatoms. The van der Waals surface area contributed by atoms with E-state index >= 15 is 0 Å². The zero-order valence-corrected chi connectivity index (χ0v) is 10.2. The summed E-state index contributed by atoms with van der Waals surface area (Å²) < 4.78 is 0. The van der Waals surface area contributed by atoms with Gasteiger partial charge in [0.05, 0.1) is 0 Å². The van der Waals surface area contributed by atoms with Crippen molar-refractivity contribution in [3.63, 3.8) is 0 Å². The molecule has 0 aliphatic carbocycles. The number of hydrogen-bond donors (Lipinski definition) is 1. The van der Waals surface area contributed by atoms with Crippen molar-refractivity contribution < 1.29 is 4.79 Å². The van der Waals surface area contributed by atoms with Crippen LogP contribution in [-0.4, -0.2) is 10.8 Å². The van der Waals surface area contributed by atoms with Crippen LogP contribution in [0.1, 0.15) is 17.5 Å². The number of anilines is 1. The summed E-state index contributed by atoms with van der Waals surface area (Å²) in [6, 6.07) is 11.7. The van der Waals surface area contributed by atoms with E-state index in [2.05, 4.69) is 4.98 Å². The number of ketones is 1. The molecular formula is C15H16N2O. The van der Waals surface area contributed by atoms with Crippen LogP contribution in [-0.2, 0) is 17.6 Å². The number of Topliss-reactive ketones (excluding diaryl/α,β-unsaturated/α-hetero) is 1. The zero-order valence-electron chi connectivity index (χ0n) is 10.2. The highest BCUT2D eigenvalue weighted by atomic mass is 16.1. The molecule has 2 N–H and O–H groups in total. The van der Waals surface area contributed by atoms with Gasteiger partial charge in [0.2, 0.25) is 0 Å². The van der Waals surface area contributed by atoms with Crippen molar-refractivity contribution in [2.24, 2.45) is 0 Å². The Morgan fingerprint density at radius 2 is 1.94 bits per heavy atom. The van der Waals surface area contributed by atoms with Crippen LogP contribution in [0.2, 0.25) is 0 Å². The molecule has 0 unspecified atom stereocenters. The predicted molar refractivity (Wildman–Crippen MR) is 72.1 cm³/mol. The third-order valence-corrected chi connectivity index (χ3v) is 2.86. The van der Waals surface area contributed by atoms with Gasteiger partial charge >= 0.3 is 0 Å². The number of aromatic nitrogens is 1. The molecule has 1 heterocycles. The Kier molecular flexibility index (Phi) is 4.07. The maximum Gasteiger partial charge on any atom is 0.137 e. The second kappa shape index (κ2) is 5.96. The highest BCUT2D eigenvalue weighted by Crippen LogP contribution is 2.11. The molecule has 0 saturated heterocycles. The standard InChI is InChI=1S/C15H16N2O/c16-15-8-9-17-11-13(15)10-14(18)7-6-12-4-2-1-3-5-12/h1-5,8-9,11H,6-7,10H2,(H2,16,17). The second-order valence-corrected chi connectivity index (χ2v) is 4.28. The quantitative estimate of drug-likeness (QED) is 0.873. The second-order valence-electron chi connectivity index (χ2n) is 4.28. The smallest absolute Gasteiger partial charge is 0.137 e. The summed E-state index contributed by atoms with van der Waals surface area (Å²) in [5, 5.41) is 0. The SMILES string of the molecule is Nc1ccncc1CC(=O)CCc1ccccc1. The number of nitrogen functional groups attached to an aromatic ring is 1. The third-order valence-electron chi connectivity index (χ3n) is 2.86. The summed E-state index contributed by atoms with van der Waals surface area (Å²) >= 11 is 0. The molecule has 0 aliphatic rings. The number of rotatable bonds is 5. The lowest BCUT2D eigenvalue weighted by molar-refractivity contribution is -0.118. The lowest BCUT2D eigenvalue weighted by atomic mass is 10.0. The van der Waals surface area contributed by atoms with Gasteiger partial charge in [-0.15, -0.1) is 0 Å². The molecule has 2 aromatic rings. The Hall–Kier alpha value is -2.16. The Morgan fingerprint density at radius 1 is 1.17 bits per heavy atom. The summed E-state index contributed by atoms with van der Waals surface area (Å²) in [5.41, 5.74) is 8.42. The van der Waals surface area contributed by atoms with E-state index in [1.807, 2.05) is 30.3 Å². The average molecular weight is 240 g/mol. The minimum Gasteiger partial charge on any atom is -0.398 e. The van der Waals surface area contributed by atoms with Gasteiger partial charge in [-0.1, -0.05) is 30.3 Å². The van der Waals surface area contributed by atoms with Gasteiger partial charge in [0, 0.05) is 36.5 Å². The lowest BCUT2D eigenvalue weighted by Crippen LogP contribution is -2.06. The van der Waals surface area contributed by atoms with Crippen molar-refractivity contribution in [1.29, 1.82) is 0 Å². The summed E-state index contributed by atoms with van der Waals surface area (Å²) in [4.78, 5) is 15.8. The van der Waals surface area contributed by atoms with Crippen LogP contribution in [0.3, 0.4) is 0 Å². The molecule has 0 saturated carbocycles. The molecule has 0 bridgehead atoms. The van der Waals surface area contributed by atoms with Crippen LogP contribution >= 0.6 is 0 Å². The molecule has 1 aromatic heterocycles. The molecule has 0 atom stereocenters. The van der Waals surface area contributed by atoms with Crippen molar-refractivity contribution in [3.8, 4) is 0 Å². The summed E-state index contributed by atoms with van der Waals surface area (Å²) in [6.07, 6.45) is 4.98. The minimum absolute atomic E-state index is 0.193. The highest BCUT2D eigenvalue weighted by Gasteiger charge is 2.06. The summed E-state index contributed by atoms with van der Waals surface area (Å²) in [7, 11) is 0. The average Bonchev–Trinajstić information content (AvgIpc) is 2.40. The molecule has 1 aromatic carbocycles. The number of hydrogen-bond acceptors (Lipinski definition) is 3.